The third kappa shape index (κ3) is 3.89. The van der Waals surface area contributed by atoms with Crippen molar-refractivity contribution in [3.63, 3.8) is 0 Å². The molecule has 0 saturated heterocycles. The van der Waals surface area contributed by atoms with Crippen LogP contribution in [0.25, 0.3) is 0 Å². The average molecular weight is 285 g/mol. The lowest BCUT2D eigenvalue weighted by Gasteiger charge is -2.08. The number of nitrogens with one attached hydrogen (secondary N) is 1. The zero-order valence-corrected chi connectivity index (χ0v) is 12.0. The van der Waals surface area contributed by atoms with Gasteiger partial charge in [-0.05, 0) is 25.1 Å². The van der Waals surface area contributed by atoms with E-state index in [9.17, 15) is 9.59 Å². The van der Waals surface area contributed by atoms with E-state index >= 15 is 0 Å². The number of ketones is 1. The summed E-state index contributed by atoms with van der Waals surface area (Å²) in [4.78, 5) is 23.4. The number of methoxy groups -OCH3 is 1. The lowest BCUT2D eigenvalue weighted by atomic mass is 10.2. The molecule has 0 spiro atoms. The van der Waals surface area contributed by atoms with Crippen LogP contribution in [0.1, 0.15) is 17.3 Å². The summed E-state index contributed by atoms with van der Waals surface area (Å²) in [5, 5.41) is 2.79. The van der Waals surface area contributed by atoms with E-state index in [0.29, 0.717) is 17.0 Å². The molecular weight excluding hydrogens is 268 g/mol. The van der Waals surface area contributed by atoms with Crippen molar-refractivity contribution in [1.82, 2.24) is 0 Å². The van der Waals surface area contributed by atoms with E-state index in [1.165, 1.54) is 6.92 Å². The van der Waals surface area contributed by atoms with Gasteiger partial charge in [0.05, 0.1) is 18.4 Å². The number of para-hydroxylation sites is 2. The van der Waals surface area contributed by atoms with Crippen LogP contribution in [-0.2, 0) is 11.3 Å². The van der Waals surface area contributed by atoms with Crippen LogP contribution in [-0.4, -0.2) is 18.8 Å². The molecule has 1 amide bonds. The molecule has 2 rings (SSSR count). The Bertz CT molecular complexity index is 668. The second-order valence-electron chi connectivity index (χ2n) is 4.57. The number of hydrogen-bond acceptors (Lipinski definition) is 3. The highest BCUT2D eigenvalue weighted by Gasteiger charge is 2.13. The maximum absolute atomic E-state index is 12.1. The van der Waals surface area contributed by atoms with Crippen LogP contribution in [0.2, 0.25) is 0 Å². The Hall–Kier alpha value is -2.69. The molecule has 1 aromatic carbocycles. The summed E-state index contributed by atoms with van der Waals surface area (Å²) in [6.07, 6.45) is 3.40. The molecule has 5 nitrogen and oxygen atoms in total. The first-order chi connectivity index (χ1) is 10.1. The Morgan fingerprint density at radius 3 is 2.67 bits per heavy atom. The lowest BCUT2D eigenvalue weighted by Crippen LogP contribution is -2.40. The molecule has 0 aliphatic heterocycles. The molecule has 0 fully saturated rings. The molecule has 0 atom stereocenters. The molecule has 108 valence electrons. The highest BCUT2D eigenvalue weighted by atomic mass is 16.5. The normalized spacial score (nSPS) is 10.0. The maximum atomic E-state index is 12.1. The Kier molecular flexibility index (Phi) is 4.66. The molecule has 5 heteroatoms. The molecule has 0 unspecified atom stereocenters. The van der Waals surface area contributed by atoms with Gasteiger partial charge in [-0.2, -0.15) is 4.57 Å². The van der Waals surface area contributed by atoms with Crippen molar-refractivity contribution in [2.24, 2.45) is 0 Å². The standard InChI is InChI=1S/C16H16N2O3/c1-12(19)13-6-5-9-18(10-13)11-16(20)17-14-7-3-4-8-15(14)21-2/h3-10H,11H2,1-2H3/p+1. The van der Waals surface area contributed by atoms with Crippen molar-refractivity contribution < 1.29 is 18.9 Å². The van der Waals surface area contributed by atoms with Crippen LogP contribution < -0.4 is 14.6 Å². The van der Waals surface area contributed by atoms with Crippen molar-refractivity contribution in [2.75, 3.05) is 12.4 Å². The number of hydrogen-bond donors (Lipinski definition) is 1. The van der Waals surface area contributed by atoms with Gasteiger partial charge < -0.3 is 10.1 Å². The molecule has 2 aromatic rings. The zero-order valence-electron chi connectivity index (χ0n) is 12.0. The Morgan fingerprint density at radius 2 is 1.95 bits per heavy atom. The van der Waals surface area contributed by atoms with E-state index in [2.05, 4.69) is 5.32 Å². The van der Waals surface area contributed by atoms with Gasteiger partial charge in [-0.3, -0.25) is 9.59 Å². The molecule has 1 N–H and O–H groups in total. The summed E-state index contributed by atoms with van der Waals surface area (Å²) in [5.74, 6) is 0.382. The van der Waals surface area contributed by atoms with E-state index in [4.69, 9.17) is 4.74 Å². The van der Waals surface area contributed by atoms with Crippen molar-refractivity contribution in [3.05, 3.63) is 54.4 Å². The minimum absolute atomic E-state index is 0.0329. The van der Waals surface area contributed by atoms with Crippen molar-refractivity contribution in [2.45, 2.75) is 13.5 Å². The Labute approximate surface area is 123 Å². The fraction of sp³-hybridized carbons (Fsp3) is 0.188. The summed E-state index contributed by atoms with van der Waals surface area (Å²) in [6, 6.07) is 10.7. The van der Waals surface area contributed by atoms with Crippen LogP contribution in [0.5, 0.6) is 5.75 Å². The molecule has 1 heterocycles. The summed E-state index contributed by atoms with van der Waals surface area (Å²) in [5.41, 5.74) is 1.19. The summed E-state index contributed by atoms with van der Waals surface area (Å²) < 4.78 is 6.85. The minimum atomic E-state index is -0.190. The largest absolute Gasteiger partial charge is 0.495 e. The highest BCUT2D eigenvalue weighted by molar-refractivity contribution is 5.93. The van der Waals surface area contributed by atoms with Gasteiger partial charge in [0.2, 0.25) is 6.54 Å². The van der Waals surface area contributed by atoms with E-state index in [0.717, 1.165) is 0 Å². The predicted octanol–water partition coefficient (Wildman–Crippen LogP) is 1.82. The molecule has 0 aliphatic carbocycles. The second-order valence-corrected chi connectivity index (χ2v) is 4.57. The van der Waals surface area contributed by atoms with Crippen LogP contribution in [0.3, 0.4) is 0 Å². The molecular formula is C16H17N2O3+. The molecule has 0 bridgehead atoms. The smallest absolute Gasteiger partial charge is 0.290 e. The van der Waals surface area contributed by atoms with Crippen molar-refractivity contribution in [3.8, 4) is 5.75 Å². The average Bonchev–Trinajstić information content (AvgIpc) is 2.48. The van der Waals surface area contributed by atoms with Crippen molar-refractivity contribution in [1.29, 1.82) is 0 Å². The molecule has 21 heavy (non-hydrogen) atoms. The fourth-order valence-electron chi connectivity index (χ4n) is 1.93. The van der Waals surface area contributed by atoms with Crippen LogP contribution >= 0.6 is 0 Å². The van der Waals surface area contributed by atoms with Gasteiger partial charge in [0.1, 0.15) is 5.75 Å². The summed E-state index contributed by atoms with van der Waals surface area (Å²) in [7, 11) is 1.55. The minimum Gasteiger partial charge on any atom is -0.495 e. The van der Waals surface area contributed by atoms with Crippen molar-refractivity contribution >= 4 is 17.4 Å². The monoisotopic (exact) mass is 285 g/mol. The fourth-order valence-corrected chi connectivity index (χ4v) is 1.93. The number of carbonyl (C=O) groups excluding carboxylic acids is 2. The summed E-state index contributed by atoms with van der Waals surface area (Å²) in [6.45, 7) is 1.62. The first kappa shape index (κ1) is 14.7. The van der Waals surface area contributed by atoms with Gasteiger partial charge in [0.15, 0.2) is 18.2 Å². The molecule has 0 radical (unpaired) electrons. The van der Waals surface area contributed by atoms with Crippen LogP contribution in [0, 0.1) is 0 Å². The quantitative estimate of drug-likeness (QED) is 0.673. The van der Waals surface area contributed by atoms with Crippen LogP contribution in [0.4, 0.5) is 5.69 Å². The molecule has 1 aromatic heterocycles. The van der Waals surface area contributed by atoms with Gasteiger partial charge in [-0.15, -0.1) is 0 Å². The van der Waals surface area contributed by atoms with E-state index in [-0.39, 0.29) is 18.2 Å². The third-order valence-corrected chi connectivity index (χ3v) is 2.97. The van der Waals surface area contributed by atoms with Gasteiger partial charge in [-0.1, -0.05) is 12.1 Å². The molecule has 0 aliphatic rings. The number of Topliss-reactive ketones (excluding diaryl/α,β-unsaturated/α-hetero) is 1. The zero-order chi connectivity index (χ0) is 15.2. The van der Waals surface area contributed by atoms with Gasteiger partial charge >= 0.3 is 0 Å². The Balaban J connectivity index is 2.08. The third-order valence-electron chi connectivity index (χ3n) is 2.97. The van der Waals surface area contributed by atoms with Gasteiger partial charge in [0, 0.05) is 6.07 Å². The SMILES string of the molecule is COc1ccccc1NC(=O)C[n+]1cccc(C(C)=O)c1. The van der Waals surface area contributed by atoms with Crippen LogP contribution in [0.15, 0.2) is 48.8 Å². The topological polar surface area (TPSA) is 59.3 Å². The highest BCUT2D eigenvalue weighted by Crippen LogP contribution is 2.22. The maximum Gasteiger partial charge on any atom is 0.290 e. The summed E-state index contributed by atoms with van der Waals surface area (Å²) >= 11 is 0. The van der Waals surface area contributed by atoms with Gasteiger partial charge in [0.25, 0.3) is 5.91 Å². The predicted molar refractivity (Wildman–Crippen MR) is 78.3 cm³/mol. The van der Waals surface area contributed by atoms with E-state index in [1.54, 1.807) is 48.3 Å². The first-order valence-electron chi connectivity index (χ1n) is 6.53. The number of amides is 1. The van der Waals surface area contributed by atoms with E-state index in [1.807, 2.05) is 12.1 Å². The Morgan fingerprint density at radius 1 is 1.19 bits per heavy atom. The lowest BCUT2D eigenvalue weighted by molar-refractivity contribution is -0.684. The number of pyridine rings is 1. The number of benzene rings is 1. The van der Waals surface area contributed by atoms with Gasteiger partial charge in [-0.25, -0.2) is 0 Å². The van der Waals surface area contributed by atoms with E-state index < -0.39 is 0 Å². The number of carbonyl (C=O) groups is 2. The number of ether oxygens (including phenoxy) is 1. The number of anilines is 1. The number of nitrogens with zero attached hydrogens (tertiary/aromatic N) is 1. The molecule has 0 saturated carbocycles. The number of aromatic nitrogens is 1. The first-order valence-corrected chi connectivity index (χ1v) is 6.53. The number of rotatable bonds is 5. The second kappa shape index (κ2) is 6.65.